The monoisotopic (exact) mass is 270 g/mol. The first-order valence-corrected chi connectivity index (χ1v) is 7.06. The molecule has 0 radical (unpaired) electrons. The minimum Gasteiger partial charge on any atom is -0.490 e. The van der Waals surface area contributed by atoms with Crippen molar-refractivity contribution < 1.29 is 9.47 Å². The van der Waals surface area contributed by atoms with E-state index in [1.807, 2.05) is 32.9 Å². The number of rotatable bonds is 7. The maximum atomic E-state index is 6.18. The Morgan fingerprint density at radius 1 is 1.17 bits per heavy atom. The van der Waals surface area contributed by atoms with Gasteiger partial charge in [0, 0.05) is 5.38 Å². The zero-order valence-electron chi connectivity index (χ0n) is 11.7. The predicted molar refractivity (Wildman–Crippen MR) is 77.0 cm³/mol. The molecule has 1 unspecified atom stereocenters. The first kappa shape index (κ1) is 15.2. The highest BCUT2D eigenvalue weighted by molar-refractivity contribution is 6.20. The Hall–Kier alpha value is -0.890. The van der Waals surface area contributed by atoms with Crippen molar-refractivity contribution in [1.29, 1.82) is 0 Å². The molecule has 3 heteroatoms. The van der Waals surface area contributed by atoms with Crippen LogP contribution in [0.15, 0.2) is 18.2 Å². The molecular weight excluding hydrogens is 248 g/mol. The second-order valence-electron chi connectivity index (χ2n) is 4.59. The van der Waals surface area contributed by atoms with Crippen LogP contribution in [-0.4, -0.2) is 18.1 Å². The summed E-state index contributed by atoms with van der Waals surface area (Å²) >= 11 is 6.18. The van der Waals surface area contributed by atoms with Crippen molar-refractivity contribution in [3.8, 4) is 11.5 Å². The van der Waals surface area contributed by atoms with Crippen LogP contribution in [0.25, 0.3) is 0 Å². The highest BCUT2D eigenvalue weighted by atomic mass is 35.5. The first-order valence-electron chi connectivity index (χ1n) is 6.63. The number of halogens is 1. The maximum absolute atomic E-state index is 6.18. The Balaban J connectivity index is 2.87. The Morgan fingerprint density at radius 3 is 2.44 bits per heavy atom. The Kier molecular flexibility index (Phi) is 6.34. The molecule has 0 bridgehead atoms. The fourth-order valence-electron chi connectivity index (χ4n) is 1.70. The maximum Gasteiger partial charge on any atom is 0.161 e. The average molecular weight is 271 g/mol. The van der Waals surface area contributed by atoms with E-state index in [4.69, 9.17) is 21.1 Å². The van der Waals surface area contributed by atoms with Crippen LogP contribution in [0, 0.1) is 0 Å². The lowest BCUT2D eigenvalue weighted by Gasteiger charge is -2.16. The van der Waals surface area contributed by atoms with Crippen molar-refractivity contribution in [2.75, 3.05) is 6.61 Å². The van der Waals surface area contributed by atoms with E-state index in [0.717, 1.165) is 24.3 Å². The van der Waals surface area contributed by atoms with Gasteiger partial charge in [-0.05, 0) is 51.3 Å². The lowest BCUT2D eigenvalue weighted by atomic mass is 10.1. The van der Waals surface area contributed by atoms with Gasteiger partial charge >= 0.3 is 0 Å². The molecule has 0 heterocycles. The molecular formula is C15H23ClO2. The van der Waals surface area contributed by atoms with E-state index in [9.17, 15) is 0 Å². The normalized spacial score (nSPS) is 12.6. The summed E-state index contributed by atoms with van der Waals surface area (Å²) in [5.74, 6) is 1.61. The van der Waals surface area contributed by atoms with Crippen molar-refractivity contribution in [2.24, 2.45) is 0 Å². The van der Waals surface area contributed by atoms with Gasteiger partial charge in [0.25, 0.3) is 0 Å². The van der Waals surface area contributed by atoms with Crippen LogP contribution in [0.4, 0.5) is 0 Å². The van der Waals surface area contributed by atoms with Crippen molar-refractivity contribution >= 4 is 11.6 Å². The smallest absolute Gasteiger partial charge is 0.161 e. The van der Waals surface area contributed by atoms with E-state index in [1.165, 1.54) is 5.56 Å². The second kappa shape index (κ2) is 7.52. The molecule has 0 saturated heterocycles. The minimum atomic E-state index is 0.145. The van der Waals surface area contributed by atoms with Crippen LogP contribution in [0.2, 0.25) is 0 Å². The SMILES string of the molecule is CCOc1cc(CC(Cl)CC)ccc1OC(C)C. The van der Waals surface area contributed by atoms with Crippen molar-refractivity contribution in [2.45, 2.75) is 52.0 Å². The van der Waals surface area contributed by atoms with E-state index in [1.54, 1.807) is 0 Å². The Labute approximate surface area is 115 Å². The van der Waals surface area contributed by atoms with Crippen molar-refractivity contribution in [1.82, 2.24) is 0 Å². The number of hydrogen-bond acceptors (Lipinski definition) is 2. The molecule has 0 aliphatic carbocycles. The molecule has 0 N–H and O–H groups in total. The number of hydrogen-bond donors (Lipinski definition) is 0. The third-order valence-electron chi connectivity index (χ3n) is 2.57. The third kappa shape index (κ3) is 4.77. The van der Waals surface area contributed by atoms with Gasteiger partial charge in [0.1, 0.15) is 0 Å². The molecule has 0 aliphatic heterocycles. The largest absolute Gasteiger partial charge is 0.490 e. The van der Waals surface area contributed by atoms with Crippen LogP contribution in [-0.2, 0) is 6.42 Å². The molecule has 102 valence electrons. The Morgan fingerprint density at radius 2 is 1.89 bits per heavy atom. The number of alkyl halides is 1. The quantitative estimate of drug-likeness (QED) is 0.682. The van der Waals surface area contributed by atoms with Gasteiger partial charge < -0.3 is 9.47 Å². The molecule has 0 saturated carbocycles. The van der Waals surface area contributed by atoms with E-state index in [-0.39, 0.29) is 11.5 Å². The molecule has 1 atom stereocenters. The van der Waals surface area contributed by atoms with Crippen LogP contribution in [0.3, 0.4) is 0 Å². The zero-order valence-corrected chi connectivity index (χ0v) is 12.5. The summed E-state index contributed by atoms with van der Waals surface area (Å²) in [4.78, 5) is 0. The second-order valence-corrected chi connectivity index (χ2v) is 5.21. The summed E-state index contributed by atoms with van der Waals surface area (Å²) in [6.07, 6.45) is 1.97. The van der Waals surface area contributed by atoms with Gasteiger partial charge in [-0.2, -0.15) is 0 Å². The highest BCUT2D eigenvalue weighted by Gasteiger charge is 2.10. The van der Waals surface area contributed by atoms with Crippen molar-refractivity contribution in [3.63, 3.8) is 0 Å². The van der Waals surface area contributed by atoms with Gasteiger partial charge in [0.15, 0.2) is 11.5 Å². The molecule has 0 spiro atoms. The van der Waals surface area contributed by atoms with Gasteiger partial charge in [0.05, 0.1) is 12.7 Å². The molecule has 0 fully saturated rings. The first-order chi connectivity index (χ1) is 8.56. The van der Waals surface area contributed by atoms with Crippen LogP contribution >= 0.6 is 11.6 Å². The summed E-state index contributed by atoms with van der Waals surface area (Å²) in [6.45, 7) is 8.72. The topological polar surface area (TPSA) is 18.5 Å². The fourth-order valence-corrected chi connectivity index (χ4v) is 1.88. The zero-order chi connectivity index (χ0) is 13.5. The Bertz CT molecular complexity index is 364. The van der Waals surface area contributed by atoms with Crippen LogP contribution in [0.1, 0.15) is 39.7 Å². The molecule has 1 rings (SSSR count). The summed E-state index contributed by atoms with van der Waals surface area (Å²) in [5, 5.41) is 0.177. The fraction of sp³-hybridized carbons (Fsp3) is 0.600. The van der Waals surface area contributed by atoms with Gasteiger partial charge in [-0.15, -0.1) is 11.6 Å². The lowest BCUT2D eigenvalue weighted by molar-refractivity contribution is 0.223. The summed E-state index contributed by atoms with van der Waals surface area (Å²) in [6, 6.07) is 6.07. The van der Waals surface area contributed by atoms with Gasteiger partial charge in [0.2, 0.25) is 0 Å². The van der Waals surface area contributed by atoms with Crippen molar-refractivity contribution in [3.05, 3.63) is 23.8 Å². The summed E-state index contributed by atoms with van der Waals surface area (Å²) in [5.41, 5.74) is 1.19. The molecule has 0 amide bonds. The van der Waals surface area contributed by atoms with Gasteiger partial charge in [-0.1, -0.05) is 13.0 Å². The lowest BCUT2D eigenvalue weighted by Crippen LogP contribution is -2.08. The third-order valence-corrected chi connectivity index (χ3v) is 3.03. The molecule has 1 aromatic carbocycles. The van der Waals surface area contributed by atoms with E-state index < -0.39 is 0 Å². The molecule has 2 nitrogen and oxygen atoms in total. The van der Waals surface area contributed by atoms with Gasteiger partial charge in [-0.25, -0.2) is 0 Å². The summed E-state index contributed by atoms with van der Waals surface area (Å²) < 4.78 is 11.4. The number of benzene rings is 1. The molecule has 1 aromatic rings. The number of ether oxygens (including phenoxy) is 2. The minimum absolute atomic E-state index is 0.145. The predicted octanol–water partition coefficient (Wildman–Crippen LogP) is 4.43. The summed E-state index contributed by atoms with van der Waals surface area (Å²) in [7, 11) is 0. The van der Waals surface area contributed by atoms with Crippen LogP contribution in [0.5, 0.6) is 11.5 Å². The molecule has 0 aliphatic rings. The highest BCUT2D eigenvalue weighted by Crippen LogP contribution is 2.30. The standard InChI is InChI=1S/C15H23ClO2/c1-5-13(16)9-12-7-8-14(18-11(3)4)15(10-12)17-6-2/h7-8,10-11,13H,5-6,9H2,1-4H3. The van der Waals surface area contributed by atoms with E-state index in [0.29, 0.717) is 6.61 Å². The molecule has 0 aromatic heterocycles. The van der Waals surface area contributed by atoms with Crippen LogP contribution < -0.4 is 9.47 Å². The van der Waals surface area contributed by atoms with E-state index in [2.05, 4.69) is 13.0 Å². The van der Waals surface area contributed by atoms with E-state index >= 15 is 0 Å². The van der Waals surface area contributed by atoms with Gasteiger partial charge in [-0.3, -0.25) is 0 Å². The molecule has 18 heavy (non-hydrogen) atoms. The average Bonchev–Trinajstić information content (AvgIpc) is 2.32.